The average Bonchev–Trinajstić information content (AvgIpc) is 3.74. The van der Waals surface area contributed by atoms with Crippen molar-refractivity contribution in [1.29, 1.82) is 0 Å². The quantitative estimate of drug-likeness (QED) is 0.201. The molecule has 0 unspecified atom stereocenters. The van der Waals surface area contributed by atoms with E-state index in [0.29, 0.717) is 0 Å². The summed E-state index contributed by atoms with van der Waals surface area (Å²) in [7, 11) is 0. The minimum Gasteiger partial charge on any atom is -0.456 e. The number of rotatable bonds is 3. The van der Waals surface area contributed by atoms with Crippen LogP contribution in [0.15, 0.2) is 150 Å². The largest absolute Gasteiger partial charge is 0.456 e. The molecule has 0 aliphatic heterocycles. The van der Waals surface area contributed by atoms with E-state index < -0.39 is 0 Å². The number of nitrogens with zero attached hydrogens (tertiary/aromatic N) is 2. The van der Waals surface area contributed by atoms with Crippen molar-refractivity contribution in [1.82, 2.24) is 9.55 Å². The number of benzene rings is 6. The van der Waals surface area contributed by atoms with E-state index in [-0.39, 0.29) is 5.41 Å². The molecular weight excluding hydrogens is 572 g/mol. The van der Waals surface area contributed by atoms with E-state index in [1.807, 2.05) is 12.1 Å². The van der Waals surface area contributed by atoms with E-state index in [2.05, 4.69) is 152 Å². The third-order valence-corrected chi connectivity index (χ3v) is 10.2. The first kappa shape index (κ1) is 26.3. The van der Waals surface area contributed by atoms with E-state index in [4.69, 9.17) is 9.40 Å². The van der Waals surface area contributed by atoms with Gasteiger partial charge in [0.1, 0.15) is 11.2 Å². The van der Waals surface area contributed by atoms with Crippen molar-refractivity contribution >= 4 is 43.7 Å². The highest BCUT2D eigenvalue weighted by Gasteiger charge is 2.38. The number of fused-ring (bicyclic) bond motifs is 10. The first-order valence-corrected chi connectivity index (χ1v) is 16.2. The molecule has 0 spiro atoms. The molecule has 9 aromatic rings. The lowest BCUT2D eigenvalue weighted by molar-refractivity contribution is 0.666. The fourth-order valence-electron chi connectivity index (χ4n) is 8.05. The van der Waals surface area contributed by atoms with Gasteiger partial charge in [0, 0.05) is 38.1 Å². The number of hydrogen-bond acceptors (Lipinski definition) is 2. The van der Waals surface area contributed by atoms with Gasteiger partial charge in [-0.05, 0) is 70.8 Å². The third-order valence-electron chi connectivity index (χ3n) is 10.2. The van der Waals surface area contributed by atoms with Crippen LogP contribution in [0.2, 0.25) is 0 Å². The van der Waals surface area contributed by atoms with Crippen molar-refractivity contribution in [3.63, 3.8) is 0 Å². The van der Waals surface area contributed by atoms with Gasteiger partial charge >= 0.3 is 0 Å². The zero-order valence-corrected chi connectivity index (χ0v) is 26.2. The van der Waals surface area contributed by atoms with Crippen LogP contribution < -0.4 is 0 Å². The standard InChI is InChI=1S/C44H30N2O/c1-44(2)35-17-9-6-14-30(35)32-21-22-39-42(43(32)44)33-16-7-10-18-38(33)46(39)29-25-36(27-12-4-3-5-13-27)45-37(26-29)28-20-23-41-34(24-28)31-15-8-11-19-40(31)47-41/h3-26H,1-2H3. The van der Waals surface area contributed by atoms with Crippen LogP contribution in [-0.2, 0) is 5.41 Å². The van der Waals surface area contributed by atoms with Crippen LogP contribution in [0.1, 0.15) is 25.0 Å². The molecule has 1 aliphatic rings. The molecule has 0 radical (unpaired) electrons. The second-order valence-electron chi connectivity index (χ2n) is 13.2. The summed E-state index contributed by atoms with van der Waals surface area (Å²) in [6.45, 7) is 4.74. The third kappa shape index (κ3) is 3.71. The summed E-state index contributed by atoms with van der Waals surface area (Å²) in [6, 6.07) is 52.0. The summed E-state index contributed by atoms with van der Waals surface area (Å²) in [6.07, 6.45) is 0. The number of furan rings is 1. The fourth-order valence-corrected chi connectivity index (χ4v) is 8.05. The molecule has 10 rings (SSSR count). The lowest BCUT2D eigenvalue weighted by Gasteiger charge is -2.22. The molecule has 6 aromatic carbocycles. The Bertz CT molecular complexity index is 2710. The smallest absolute Gasteiger partial charge is 0.135 e. The molecule has 3 aromatic heterocycles. The number of pyridine rings is 1. The van der Waals surface area contributed by atoms with Crippen molar-refractivity contribution in [2.45, 2.75) is 19.3 Å². The molecule has 0 amide bonds. The summed E-state index contributed by atoms with van der Waals surface area (Å²) in [5, 5.41) is 4.81. The van der Waals surface area contributed by atoms with Gasteiger partial charge in [0.25, 0.3) is 0 Å². The molecule has 0 N–H and O–H groups in total. The molecule has 3 heterocycles. The van der Waals surface area contributed by atoms with E-state index in [0.717, 1.165) is 50.1 Å². The molecule has 47 heavy (non-hydrogen) atoms. The van der Waals surface area contributed by atoms with Crippen molar-refractivity contribution in [3.8, 4) is 39.3 Å². The molecule has 0 saturated heterocycles. The molecule has 0 atom stereocenters. The Morgan fingerprint density at radius 1 is 0.532 bits per heavy atom. The number of para-hydroxylation sites is 2. The Kier molecular flexibility index (Phi) is 5.34. The van der Waals surface area contributed by atoms with Crippen LogP contribution >= 0.6 is 0 Å². The predicted molar refractivity (Wildman–Crippen MR) is 194 cm³/mol. The van der Waals surface area contributed by atoms with E-state index in [1.54, 1.807) is 0 Å². The average molecular weight is 603 g/mol. The molecule has 0 bridgehead atoms. The highest BCUT2D eigenvalue weighted by atomic mass is 16.3. The summed E-state index contributed by atoms with van der Waals surface area (Å²) in [4.78, 5) is 5.28. The van der Waals surface area contributed by atoms with Crippen molar-refractivity contribution < 1.29 is 4.42 Å². The maximum absolute atomic E-state index is 6.17. The lowest BCUT2D eigenvalue weighted by atomic mass is 9.80. The highest BCUT2D eigenvalue weighted by Crippen LogP contribution is 2.53. The minimum absolute atomic E-state index is 0.123. The number of hydrogen-bond donors (Lipinski definition) is 0. The fraction of sp³-hybridized carbons (Fsp3) is 0.0682. The van der Waals surface area contributed by atoms with Crippen LogP contribution in [0, 0.1) is 0 Å². The molecule has 1 aliphatic carbocycles. The van der Waals surface area contributed by atoms with Crippen LogP contribution in [0.4, 0.5) is 0 Å². The molecular formula is C44H30N2O. The van der Waals surface area contributed by atoms with Crippen LogP contribution in [0.25, 0.3) is 83.1 Å². The van der Waals surface area contributed by atoms with Crippen LogP contribution in [0.5, 0.6) is 0 Å². The van der Waals surface area contributed by atoms with Gasteiger partial charge in [0.15, 0.2) is 0 Å². The summed E-state index contributed by atoms with van der Waals surface area (Å²) in [5.74, 6) is 0. The molecule has 3 heteroatoms. The second-order valence-corrected chi connectivity index (χ2v) is 13.2. The maximum Gasteiger partial charge on any atom is 0.135 e. The maximum atomic E-state index is 6.17. The van der Waals surface area contributed by atoms with E-state index in [1.165, 1.54) is 44.1 Å². The first-order chi connectivity index (χ1) is 23.1. The van der Waals surface area contributed by atoms with Gasteiger partial charge < -0.3 is 8.98 Å². The van der Waals surface area contributed by atoms with Gasteiger partial charge in [0.2, 0.25) is 0 Å². The molecule has 0 saturated carbocycles. The Morgan fingerprint density at radius 2 is 1.23 bits per heavy atom. The monoisotopic (exact) mass is 602 g/mol. The van der Waals surface area contributed by atoms with Gasteiger partial charge in [-0.3, -0.25) is 0 Å². The zero-order valence-electron chi connectivity index (χ0n) is 26.2. The topological polar surface area (TPSA) is 31.0 Å². The Balaban J connectivity index is 1.27. The van der Waals surface area contributed by atoms with Crippen molar-refractivity contribution in [2.24, 2.45) is 0 Å². The zero-order chi connectivity index (χ0) is 31.3. The summed E-state index contributed by atoms with van der Waals surface area (Å²) >= 11 is 0. The Labute approximate surface area is 272 Å². The Hall–Kier alpha value is -5.93. The summed E-state index contributed by atoms with van der Waals surface area (Å²) in [5.41, 5.74) is 14.6. The molecule has 3 nitrogen and oxygen atoms in total. The lowest BCUT2D eigenvalue weighted by Crippen LogP contribution is -2.15. The van der Waals surface area contributed by atoms with Gasteiger partial charge in [-0.1, -0.05) is 111 Å². The van der Waals surface area contributed by atoms with Crippen LogP contribution in [-0.4, -0.2) is 9.55 Å². The SMILES string of the molecule is CC1(C)c2ccccc2-c2ccc3c(c21)c1ccccc1n3-c1cc(-c2ccccc2)nc(-c2ccc3oc4ccccc4c3c2)c1. The van der Waals surface area contributed by atoms with Gasteiger partial charge in [0.05, 0.1) is 28.1 Å². The van der Waals surface area contributed by atoms with Crippen LogP contribution in [0.3, 0.4) is 0 Å². The molecule has 0 fully saturated rings. The number of aromatic nitrogens is 2. The first-order valence-electron chi connectivity index (χ1n) is 16.2. The van der Waals surface area contributed by atoms with Crippen molar-refractivity contribution in [2.75, 3.05) is 0 Å². The summed E-state index contributed by atoms with van der Waals surface area (Å²) < 4.78 is 8.61. The van der Waals surface area contributed by atoms with E-state index >= 15 is 0 Å². The van der Waals surface area contributed by atoms with Gasteiger partial charge in [-0.15, -0.1) is 0 Å². The second kappa shape index (κ2) is 9.54. The highest BCUT2D eigenvalue weighted by molar-refractivity contribution is 6.14. The normalized spacial score (nSPS) is 13.5. The minimum atomic E-state index is -0.123. The predicted octanol–water partition coefficient (Wildman–Crippen LogP) is 11.7. The van der Waals surface area contributed by atoms with E-state index in [9.17, 15) is 0 Å². The van der Waals surface area contributed by atoms with Gasteiger partial charge in [-0.25, -0.2) is 4.98 Å². The van der Waals surface area contributed by atoms with Gasteiger partial charge in [-0.2, -0.15) is 0 Å². The molecule has 222 valence electrons. The van der Waals surface area contributed by atoms with Crippen molar-refractivity contribution in [3.05, 3.63) is 157 Å². The Morgan fingerprint density at radius 3 is 2.11 bits per heavy atom.